The molecular weight excluding hydrogens is 355 g/mol. The van der Waals surface area contributed by atoms with E-state index in [1.807, 2.05) is 0 Å². The number of fused-ring (bicyclic) bond motifs is 1. The molecule has 0 amide bonds. The Bertz CT molecular complexity index is 746. The quantitative estimate of drug-likeness (QED) is 0.254. The fourth-order valence-corrected chi connectivity index (χ4v) is 2.99. The lowest BCUT2D eigenvalue weighted by Crippen LogP contribution is -2.46. The SMILES string of the molecule is CC[C@]1(O)C(O)[C@@H](OOP(O)CO)O[C@H]1n1ccc2c(N)ncnc21. The first kappa shape index (κ1) is 18.4. The topological polar surface area (TPSA) is 165 Å². The maximum atomic E-state index is 10.9. The monoisotopic (exact) mass is 374 g/mol. The van der Waals surface area contributed by atoms with E-state index in [0.29, 0.717) is 11.0 Å². The Morgan fingerprint density at radius 2 is 2.24 bits per heavy atom. The third-order valence-corrected chi connectivity index (χ3v) is 4.66. The third-order valence-electron chi connectivity index (χ3n) is 4.16. The molecule has 2 aromatic rings. The number of aliphatic hydroxyl groups is 3. The summed E-state index contributed by atoms with van der Waals surface area (Å²) >= 11 is 0. The molecule has 2 unspecified atom stereocenters. The molecule has 0 bridgehead atoms. The van der Waals surface area contributed by atoms with Gasteiger partial charge in [0.25, 0.3) is 0 Å². The van der Waals surface area contributed by atoms with Crippen molar-refractivity contribution in [3.05, 3.63) is 18.6 Å². The zero-order chi connectivity index (χ0) is 18.2. The second-order valence-electron chi connectivity index (χ2n) is 5.53. The summed E-state index contributed by atoms with van der Waals surface area (Å²) in [6, 6.07) is 1.67. The second kappa shape index (κ2) is 7.06. The summed E-state index contributed by atoms with van der Waals surface area (Å²) in [5.74, 6) is 0.271. The van der Waals surface area contributed by atoms with Crippen LogP contribution >= 0.6 is 8.38 Å². The molecule has 0 aliphatic carbocycles. The molecule has 0 radical (unpaired) electrons. The van der Waals surface area contributed by atoms with Crippen molar-refractivity contribution < 1.29 is 34.5 Å². The summed E-state index contributed by atoms with van der Waals surface area (Å²) in [5, 5.41) is 30.6. The molecule has 11 nitrogen and oxygen atoms in total. The lowest BCUT2D eigenvalue weighted by atomic mass is 9.93. The standard InChI is InChI=1S/C13H19N4O7P/c1-2-13(20)8(19)11(23-24-25(21)6-18)22-12(13)17-4-3-7-9(14)15-5-16-10(7)17/h3-5,8,11-12,18-21H,2,6H2,1H3,(H2,14,15,16)/t8?,11-,12-,13+,25?/m1/s1. The molecule has 1 fully saturated rings. The Kier molecular flexibility index (Phi) is 5.19. The van der Waals surface area contributed by atoms with Gasteiger partial charge in [-0.2, -0.15) is 9.56 Å². The molecule has 25 heavy (non-hydrogen) atoms. The predicted octanol–water partition coefficient (Wildman–Crippen LogP) is -0.427. The highest BCUT2D eigenvalue weighted by atomic mass is 31.2. The van der Waals surface area contributed by atoms with Crippen LogP contribution in [0.2, 0.25) is 0 Å². The summed E-state index contributed by atoms with van der Waals surface area (Å²) in [5.41, 5.74) is 4.51. The number of anilines is 1. The lowest BCUT2D eigenvalue weighted by Gasteiger charge is -2.30. The number of nitrogen functional groups attached to an aromatic ring is 1. The summed E-state index contributed by atoms with van der Waals surface area (Å²) in [4.78, 5) is 22.1. The number of ether oxygens (including phenoxy) is 1. The Hall–Kier alpha value is -1.43. The van der Waals surface area contributed by atoms with Crippen LogP contribution in [0.1, 0.15) is 19.6 Å². The summed E-state index contributed by atoms with van der Waals surface area (Å²) < 4.78 is 11.7. The van der Waals surface area contributed by atoms with E-state index in [1.165, 1.54) is 10.9 Å². The van der Waals surface area contributed by atoms with Crippen LogP contribution in [-0.2, 0) is 14.3 Å². The molecule has 12 heteroatoms. The summed E-state index contributed by atoms with van der Waals surface area (Å²) in [7, 11) is -2.22. The van der Waals surface area contributed by atoms with Gasteiger partial charge in [0.2, 0.25) is 14.7 Å². The maximum Gasteiger partial charge on any atom is 0.232 e. The Labute approximate surface area is 143 Å². The van der Waals surface area contributed by atoms with Crippen LogP contribution in [0.4, 0.5) is 5.82 Å². The first-order valence-electron chi connectivity index (χ1n) is 7.46. The van der Waals surface area contributed by atoms with Crippen molar-refractivity contribution in [2.75, 3.05) is 12.1 Å². The minimum absolute atomic E-state index is 0.132. The van der Waals surface area contributed by atoms with Crippen LogP contribution in [0.25, 0.3) is 11.0 Å². The van der Waals surface area contributed by atoms with Crippen molar-refractivity contribution in [1.82, 2.24) is 14.5 Å². The zero-order valence-electron chi connectivity index (χ0n) is 13.3. The van der Waals surface area contributed by atoms with Crippen molar-refractivity contribution in [2.24, 2.45) is 0 Å². The number of nitrogens with two attached hydrogens (primary N) is 1. The summed E-state index contributed by atoms with van der Waals surface area (Å²) in [6.07, 6.45) is -1.53. The average Bonchev–Trinajstić information content (AvgIpc) is 3.14. The van der Waals surface area contributed by atoms with Crippen LogP contribution in [0, 0.1) is 0 Å². The van der Waals surface area contributed by atoms with E-state index < -0.39 is 38.9 Å². The van der Waals surface area contributed by atoms with Crippen LogP contribution in [0.3, 0.4) is 0 Å². The molecule has 5 atom stereocenters. The summed E-state index contributed by atoms with van der Waals surface area (Å²) in [6.45, 7) is 1.67. The van der Waals surface area contributed by atoms with E-state index in [1.54, 1.807) is 19.2 Å². The number of aromatic nitrogens is 3. The fraction of sp³-hybridized carbons (Fsp3) is 0.538. The van der Waals surface area contributed by atoms with Gasteiger partial charge in [-0.15, -0.1) is 0 Å². The molecule has 3 heterocycles. The highest BCUT2D eigenvalue weighted by Crippen LogP contribution is 2.44. The van der Waals surface area contributed by atoms with Crippen LogP contribution in [-0.4, -0.2) is 59.1 Å². The molecule has 138 valence electrons. The van der Waals surface area contributed by atoms with E-state index >= 15 is 0 Å². The van der Waals surface area contributed by atoms with E-state index in [9.17, 15) is 15.1 Å². The Morgan fingerprint density at radius 3 is 2.92 bits per heavy atom. The molecule has 0 aromatic carbocycles. The normalized spacial score (nSPS) is 30.8. The van der Waals surface area contributed by atoms with Gasteiger partial charge in [-0.1, -0.05) is 6.92 Å². The van der Waals surface area contributed by atoms with Crippen LogP contribution in [0.5, 0.6) is 0 Å². The minimum Gasteiger partial charge on any atom is -0.387 e. The first-order valence-corrected chi connectivity index (χ1v) is 8.85. The van der Waals surface area contributed by atoms with Gasteiger partial charge in [0.15, 0.2) is 6.23 Å². The van der Waals surface area contributed by atoms with Crippen molar-refractivity contribution >= 4 is 25.2 Å². The minimum atomic E-state index is -2.22. The predicted molar refractivity (Wildman–Crippen MR) is 85.5 cm³/mol. The maximum absolute atomic E-state index is 10.9. The van der Waals surface area contributed by atoms with Crippen LogP contribution < -0.4 is 5.73 Å². The van der Waals surface area contributed by atoms with Gasteiger partial charge in [0.05, 0.1) is 5.39 Å². The zero-order valence-corrected chi connectivity index (χ0v) is 14.2. The van der Waals surface area contributed by atoms with Crippen molar-refractivity contribution in [1.29, 1.82) is 0 Å². The molecule has 0 spiro atoms. The number of nitrogens with zero attached hydrogens (tertiary/aromatic N) is 3. The van der Waals surface area contributed by atoms with E-state index in [4.69, 9.17) is 20.5 Å². The lowest BCUT2D eigenvalue weighted by molar-refractivity contribution is -0.332. The largest absolute Gasteiger partial charge is 0.387 e. The molecular formula is C13H19N4O7P. The van der Waals surface area contributed by atoms with Crippen LogP contribution in [0.15, 0.2) is 18.6 Å². The number of hydrogen-bond donors (Lipinski definition) is 5. The number of hydrogen-bond acceptors (Lipinski definition) is 10. The Balaban J connectivity index is 1.92. The van der Waals surface area contributed by atoms with Crippen molar-refractivity contribution in [2.45, 2.75) is 37.6 Å². The smallest absolute Gasteiger partial charge is 0.232 e. The number of rotatable bonds is 6. The molecule has 1 aliphatic rings. The molecule has 6 N–H and O–H groups in total. The first-order chi connectivity index (χ1) is 11.9. The van der Waals surface area contributed by atoms with E-state index in [2.05, 4.69) is 14.6 Å². The molecule has 3 rings (SSSR count). The van der Waals surface area contributed by atoms with Crippen molar-refractivity contribution in [3.8, 4) is 0 Å². The Morgan fingerprint density at radius 1 is 1.48 bits per heavy atom. The van der Waals surface area contributed by atoms with Gasteiger partial charge in [-0.05, 0) is 12.5 Å². The van der Waals surface area contributed by atoms with E-state index in [0.717, 1.165) is 0 Å². The highest BCUT2D eigenvalue weighted by Gasteiger charge is 2.56. The van der Waals surface area contributed by atoms with Gasteiger partial charge in [0, 0.05) is 6.20 Å². The van der Waals surface area contributed by atoms with Gasteiger partial charge < -0.3 is 35.3 Å². The second-order valence-corrected chi connectivity index (χ2v) is 6.67. The average molecular weight is 374 g/mol. The highest BCUT2D eigenvalue weighted by molar-refractivity contribution is 7.45. The van der Waals surface area contributed by atoms with Crippen molar-refractivity contribution in [3.63, 3.8) is 0 Å². The van der Waals surface area contributed by atoms with Gasteiger partial charge >= 0.3 is 0 Å². The van der Waals surface area contributed by atoms with Gasteiger partial charge in [-0.3, -0.25) is 0 Å². The number of aliphatic hydroxyl groups excluding tert-OH is 2. The van der Waals surface area contributed by atoms with E-state index in [-0.39, 0.29) is 12.2 Å². The third kappa shape index (κ3) is 3.09. The van der Waals surface area contributed by atoms with Gasteiger partial charge in [0.1, 0.15) is 35.8 Å². The molecule has 1 saturated heterocycles. The molecule has 2 aromatic heterocycles. The van der Waals surface area contributed by atoms with Gasteiger partial charge in [-0.25, -0.2) is 9.97 Å². The molecule has 0 saturated carbocycles. The fourth-order valence-electron chi connectivity index (χ4n) is 2.76. The molecule has 1 aliphatic heterocycles.